The quantitative estimate of drug-likeness (QED) is 0.597. The van der Waals surface area contributed by atoms with Gasteiger partial charge in [-0.25, -0.2) is 4.79 Å². The molecule has 1 aromatic heterocycles. The highest BCUT2D eigenvalue weighted by atomic mass is 79.9. The Labute approximate surface area is 205 Å². The molecule has 2 fully saturated rings. The molecule has 176 valence electrons. The van der Waals surface area contributed by atoms with Crippen LogP contribution in [0.15, 0.2) is 34.1 Å². The van der Waals surface area contributed by atoms with Crippen molar-refractivity contribution in [2.75, 3.05) is 36.1 Å². The summed E-state index contributed by atoms with van der Waals surface area (Å²) in [5.74, 6) is -0.131. The number of morpholine rings is 1. The normalized spacial score (nSPS) is 20.9. The van der Waals surface area contributed by atoms with Crippen LogP contribution in [0.1, 0.15) is 31.7 Å². The van der Waals surface area contributed by atoms with Gasteiger partial charge < -0.3 is 24.6 Å². The van der Waals surface area contributed by atoms with E-state index < -0.39 is 11.6 Å². The lowest BCUT2D eigenvalue weighted by Gasteiger charge is -2.30. The summed E-state index contributed by atoms with van der Waals surface area (Å²) in [6.45, 7) is 5.40. The molecule has 0 spiro atoms. The number of rotatable bonds is 6. The Hall–Kier alpha value is -2.43. The summed E-state index contributed by atoms with van der Waals surface area (Å²) in [4.78, 5) is 41.2. The number of aryl methyl sites for hydroxylation is 1. The summed E-state index contributed by atoms with van der Waals surface area (Å²) < 4.78 is 11.5. The number of benzene rings is 1. The first-order chi connectivity index (χ1) is 15.8. The third-order valence-corrected chi connectivity index (χ3v) is 7.36. The minimum Gasteiger partial charge on any atom is -0.399 e. The fourth-order valence-electron chi connectivity index (χ4n) is 4.43. The first-order valence-corrected chi connectivity index (χ1v) is 12.5. The van der Waals surface area contributed by atoms with Crippen LogP contribution < -0.4 is 19.9 Å². The molecule has 2 aliphatic heterocycles. The van der Waals surface area contributed by atoms with Crippen molar-refractivity contribution in [2.24, 2.45) is 0 Å². The molecule has 2 aliphatic rings. The number of carbonyl (C=O) groups excluding carboxylic acids is 3. The number of carbonyl (C=O) groups is 3. The molecule has 0 bridgehead atoms. The zero-order valence-corrected chi connectivity index (χ0v) is 21.0. The van der Waals surface area contributed by atoms with Crippen LogP contribution in [0.3, 0.4) is 0 Å². The topological polar surface area (TPSA) is 88.2 Å². The van der Waals surface area contributed by atoms with E-state index in [1.165, 1.54) is 11.3 Å². The van der Waals surface area contributed by atoms with Gasteiger partial charge in [-0.15, -0.1) is 0 Å². The Morgan fingerprint density at radius 1 is 1.24 bits per heavy atom. The molecule has 3 heterocycles. The number of halogens is 1. The van der Waals surface area contributed by atoms with Gasteiger partial charge in [0.15, 0.2) is 5.06 Å². The van der Waals surface area contributed by atoms with Crippen molar-refractivity contribution in [3.05, 3.63) is 39.7 Å². The largest absolute Gasteiger partial charge is 0.413 e. The van der Waals surface area contributed by atoms with Crippen molar-refractivity contribution in [1.82, 2.24) is 5.32 Å². The molecule has 4 rings (SSSR count). The van der Waals surface area contributed by atoms with Crippen LogP contribution in [0.25, 0.3) is 0 Å². The zero-order valence-electron chi connectivity index (χ0n) is 18.6. The van der Waals surface area contributed by atoms with E-state index in [0.717, 1.165) is 27.1 Å². The van der Waals surface area contributed by atoms with Crippen LogP contribution in [0.2, 0.25) is 0 Å². The summed E-state index contributed by atoms with van der Waals surface area (Å²) in [6, 6.07) is 9.17. The molecule has 1 N–H and O–H groups in total. The number of thiophene rings is 1. The third kappa shape index (κ3) is 5.23. The van der Waals surface area contributed by atoms with E-state index in [9.17, 15) is 14.4 Å². The van der Waals surface area contributed by atoms with Crippen LogP contribution in [0.5, 0.6) is 5.06 Å². The Kier molecular flexibility index (Phi) is 7.06. The Balaban J connectivity index is 1.50. The van der Waals surface area contributed by atoms with Gasteiger partial charge in [0.25, 0.3) is 5.91 Å². The maximum Gasteiger partial charge on any atom is 0.413 e. The minimum atomic E-state index is -0.704. The van der Waals surface area contributed by atoms with Crippen LogP contribution in [-0.2, 0) is 14.3 Å². The number of nitrogens with zero attached hydrogens (tertiary/aromatic N) is 2. The second-order valence-electron chi connectivity index (χ2n) is 8.33. The molecule has 1 atom stereocenters. The van der Waals surface area contributed by atoms with Crippen LogP contribution in [0.4, 0.5) is 16.2 Å². The SMILES string of the molecule is CCCC1(NC(=O)Oc2ccc(Br)s2)CC(=O)N(c2ccc(N3CCOCC3=O)c(C)c2)C1. The number of amides is 3. The van der Waals surface area contributed by atoms with Crippen LogP contribution in [-0.4, -0.2) is 49.7 Å². The predicted octanol–water partition coefficient (Wildman–Crippen LogP) is 4.25. The maximum atomic E-state index is 13.0. The summed E-state index contributed by atoms with van der Waals surface area (Å²) >= 11 is 4.67. The smallest absolute Gasteiger partial charge is 0.399 e. The van der Waals surface area contributed by atoms with Crippen molar-refractivity contribution in [1.29, 1.82) is 0 Å². The molecule has 1 unspecified atom stereocenters. The molecule has 2 saturated heterocycles. The summed E-state index contributed by atoms with van der Waals surface area (Å²) in [5.41, 5.74) is 1.77. The van der Waals surface area contributed by atoms with E-state index in [1.54, 1.807) is 15.9 Å². The number of hydrogen-bond acceptors (Lipinski definition) is 6. The van der Waals surface area contributed by atoms with Gasteiger partial charge in [0.05, 0.1) is 22.4 Å². The lowest BCUT2D eigenvalue weighted by Crippen LogP contribution is -2.51. The number of ether oxygens (including phenoxy) is 2. The Morgan fingerprint density at radius 2 is 2.06 bits per heavy atom. The van der Waals surface area contributed by atoms with Gasteiger partial charge >= 0.3 is 6.09 Å². The van der Waals surface area contributed by atoms with E-state index in [1.807, 2.05) is 38.1 Å². The lowest BCUT2D eigenvalue weighted by molar-refractivity contribution is -0.125. The molecule has 8 nitrogen and oxygen atoms in total. The van der Waals surface area contributed by atoms with Gasteiger partial charge in [-0.1, -0.05) is 24.7 Å². The van der Waals surface area contributed by atoms with Crippen molar-refractivity contribution in [3.63, 3.8) is 0 Å². The molecule has 10 heteroatoms. The zero-order chi connectivity index (χ0) is 23.6. The second kappa shape index (κ2) is 9.82. The average Bonchev–Trinajstić information content (AvgIpc) is 3.31. The third-order valence-electron chi connectivity index (χ3n) is 5.86. The highest BCUT2D eigenvalue weighted by Gasteiger charge is 2.44. The lowest BCUT2D eigenvalue weighted by atomic mass is 9.93. The highest BCUT2D eigenvalue weighted by Crippen LogP contribution is 2.35. The van der Waals surface area contributed by atoms with Crippen molar-refractivity contribution >= 4 is 56.5 Å². The average molecular weight is 536 g/mol. The van der Waals surface area contributed by atoms with Gasteiger partial charge in [-0.3, -0.25) is 9.59 Å². The Bertz CT molecular complexity index is 1070. The van der Waals surface area contributed by atoms with Gasteiger partial charge in [0, 0.05) is 24.5 Å². The molecular weight excluding hydrogens is 510 g/mol. The minimum absolute atomic E-state index is 0.0581. The van der Waals surface area contributed by atoms with Crippen molar-refractivity contribution < 1.29 is 23.9 Å². The Morgan fingerprint density at radius 3 is 2.73 bits per heavy atom. The predicted molar refractivity (Wildman–Crippen MR) is 130 cm³/mol. The monoisotopic (exact) mass is 535 g/mol. The summed E-state index contributed by atoms with van der Waals surface area (Å²) in [5, 5.41) is 3.45. The van der Waals surface area contributed by atoms with E-state index >= 15 is 0 Å². The number of hydrogen-bond donors (Lipinski definition) is 1. The summed E-state index contributed by atoms with van der Waals surface area (Å²) in [6.07, 6.45) is 1.10. The second-order valence-corrected chi connectivity index (χ2v) is 10.8. The molecular formula is C23H26BrN3O5S. The van der Waals surface area contributed by atoms with Gasteiger partial charge in [0.1, 0.15) is 6.61 Å². The molecule has 2 aromatic rings. The molecule has 3 amide bonds. The van der Waals surface area contributed by atoms with Gasteiger partial charge in [-0.05, 0) is 65.2 Å². The van der Waals surface area contributed by atoms with Crippen LogP contribution in [0, 0.1) is 6.92 Å². The molecule has 0 aliphatic carbocycles. The van der Waals surface area contributed by atoms with E-state index in [0.29, 0.717) is 31.2 Å². The van der Waals surface area contributed by atoms with Gasteiger partial charge in [0.2, 0.25) is 5.91 Å². The van der Waals surface area contributed by atoms with E-state index in [4.69, 9.17) is 9.47 Å². The fraction of sp³-hybridized carbons (Fsp3) is 0.435. The first-order valence-electron chi connectivity index (χ1n) is 10.8. The molecule has 33 heavy (non-hydrogen) atoms. The van der Waals surface area contributed by atoms with Gasteiger partial charge in [-0.2, -0.15) is 0 Å². The highest BCUT2D eigenvalue weighted by molar-refractivity contribution is 9.11. The summed E-state index contributed by atoms with van der Waals surface area (Å²) in [7, 11) is 0. The van der Waals surface area contributed by atoms with Crippen molar-refractivity contribution in [2.45, 2.75) is 38.6 Å². The number of anilines is 2. The van der Waals surface area contributed by atoms with Crippen molar-refractivity contribution in [3.8, 4) is 5.06 Å². The van der Waals surface area contributed by atoms with Crippen LogP contribution >= 0.6 is 27.3 Å². The molecule has 1 aromatic carbocycles. The maximum absolute atomic E-state index is 13.0. The number of nitrogens with one attached hydrogen (secondary N) is 1. The molecule has 0 radical (unpaired) electrons. The van der Waals surface area contributed by atoms with E-state index in [2.05, 4.69) is 21.2 Å². The molecule has 0 saturated carbocycles. The standard InChI is InChI=1S/C23H26BrN3O5S/c1-3-8-23(25-22(30)32-21-7-6-18(24)33-21)12-19(28)27(14-23)16-4-5-17(15(2)11-16)26-9-10-31-13-20(26)29/h4-7,11H,3,8-10,12-14H2,1-2H3,(H,25,30). The van der Waals surface area contributed by atoms with E-state index in [-0.39, 0.29) is 24.8 Å². The fourth-order valence-corrected chi connectivity index (χ4v) is 5.62. The first kappa shape index (κ1) is 23.7.